The molecule has 2 unspecified atom stereocenters. The first kappa shape index (κ1) is 10.5. The number of hydrogen-bond donors (Lipinski definition) is 4. The summed E-state index contributed by atoms with van der Waals surface area (Å²) in [5.41, 5.74) is 10.2. The summed E-state index contributed by atoms with van der Waals surface area (Å²) in [5, 5.41) is 0. The Bertz CT molecular complexity index is 221. The zero-order chi connectivity index (χ0) is 9.41. The zero-order valence-electron chi connectivity index (χ0n) is 6.51. The van der Waals surface area contributed by atoms with Crippen LogP contribution in [-0.2, 0) is 16.3 Å². The lowest BCUT2D eigenvalue weighted by molar-refractivity contribution is 0.0508. The minimum Gasteiger partial charge on any atom is -0.324 e. The highest BCUT2D eigenvalue weighted by atomic mass is 32.5. The molecular weight excluding hydrogens is 199 g/mol. The lowest BCUT2D eigenvalue weighted by atomic mass is 10.1. The summed E-state index contributed by atoms with van der Waals surface area (Å²) >= 11 is 4.31. The van der Waals surface area contributed by atoms with Crippen LogP contribution in [0.1, 0.15) is 19.3 Å². The molecule has 1 aliphatic rings. The average Bonchev–Trinajstić information content (AvgIpc) is 2.08. The van der Waals surface area contributed by atoms with Crippen LogP contribution < -0.4 is 11.5 Å². The second-order valence-corrected chi connectivity index (χ2v) is 5.63. The standard InChI is InChI=1S/C5H13N2O3PS/c6-4-2-1-3-5(4,7)10-11(8,9)12/h4H,1-3,6-7H2,(H2,8,9,12). The molecule has 1 saturated carbocycles. The van der Waals surface area contributed by atoms with Gasteiger partial charge < -0.3 is 21.3 Å². The van der Waals surface area contributed by atoms with Gasteiger partial charge in [0.1, 0.15) is 5.72 Å². The van der Waals surface area contributed by atoms with E-state index in [1.165, 1.54) is 0 Å². The van der Waals surface area contributed by atoms with Gasteiger partial charge in [-0.2, -0.15) is 0 Å². The second-order valence-electron chi connectivity index (χ2n) is 3.04. The Morgan fingerprint density at radius 1 is 1.58 bits per heavy atom. The maximum atomic E-state index is 8.88. The highest BCUT2D eigenvalue weighted by Gasteiger charge is 2.41. The summed E-state index contributed by atoms with van der Waals surface area (Å²) in [5.74, 6) is 0. The summed E-state index contributed by atoms with van der Waals surface area (Å²) < 4.78 is 4.79. The highest BCUT2D eigenvalue weighted by molar-refractivity contribution is 8.06. The van der Waals surface area contributed by atoms with Crippen molar-refractivity contribution in [3.8, 4) is 0 Å². The molecule has 0 aromatic carbocycles. The van der Waals surface area contributed by atoms with E-state index in [0.717, 1.165) is 12.8 Å². The molecule has 2 atom stereocenters. The largest absolute Gasteiger partial charge is 0.324 e. The van der Waals surface area contributed by atoms with Crippen LogP contribution in [0.4, 0.5) is 0 Å². The molecule has 7 heteroatoms. The Morgan fingerprint density at radius 2 is 2.17 bits per heavy atom. The van der Waals surface area contributed by atoms with E-state index in [1.807, 2.05) is 0 Å². The van der Waals surface area contributed by atoms with Gasteiger partial charge >= 0.3 is 6.72 Å². The lowest BCUT2D eigenvalue weighted by Crippen LogP contribution is -2.52. The molecule has 0 amide bonds. The smallest absolute Gasteiger partial charge is 0.323 e. The minimum atomic E-state index is -3.69. The van der Waals surface area contributed by atoms with Crippen molar-refractivity contribution in [1.29, 1.82) is 0 Å². The SMILES string of the molecule is NC1CCCC1(N)OP(O)(O)=S. The van der Waals surface area contributed by atoms with Crippen molar-refractivity contribution < 1.29 is 14.3 Å². The van der Waals surface area contributed by atoms with Gasteiger partial charge in [-0.3, -0.25) is 4.52 Å². The van der Waals surface area contributed by atoms with Crippen LogP contribution in [0.15, 0.2) is 0 Å². The maximum absolute atomic E-state index is 8.88. The van der Waals surface area contributed by atoms with Crippen molar-refractivity contribution in [2.45, 2.75) is 31.0 Å². The van der Waals surface area contributed by atoms with Gasteiger partial charge in [-0.15, -0.1) is 0 Å². The third-order valence-corrected chi connectivity index (χ3v) is 2.80. The van der Waals surface area contributed by atoms with Gasteiger partial charge in [0.15, 0.2) is 0 Å². The Kier molecular flexibility index (Phi) is 2.90. The van der Waals surface area contributed by atoms with E-state index < -0.39 is 12.4 Å². The first-order chi connectivity index (χ1) is 5.33. The Balaban J connectivity index is 2.66. The molecule has 1 rings (SSSR count). The van der Waals surface area contributed by atoms with Gasteiger partial charge in [0.05, 0.1) is 0 Å². The third kappa shape index (κ3) is 2.47. The fraction of sp³-hybridized carbons (Fsp3) is 1.00. The van der Waals surface area contributed by atoms with Gasteiger partial charge in [-0.05, 0) is 31.1 Å². The number of rotatable bonds is 2. The van der Waals surface area contributed by atoms with E-state index in [4.69, 9.17) is 25.8 Å². The van der Waals surface area contributed by atoms with E-state index in [0.29, 0.717) is 6.42 Å². The van der Waals surface area contributed by atoms with Crippen molar-refractivity contribution >= 4 is 18.5 Å². The van der Waals surface area contributed by atoms with Crippen LogP contribution in [-0.4, -0.2) is 21.6 Å². The van der Waals surface area contributed by atoms with Crippen molar-refractivity contribution in [3.05, 3.63) is 0 Å². The molecule has 1 fully saturated rings. The van der Waals surface area contributed by atoms with E-state index in [2.05, 4.69) is 11.8 Å². The molecule has 0 bridgehead atoms. The molecule has 0 radical (unpaired) electrons. The summed E-state index contributed by atoms with van der Waals surface area (Å²) in [6.45, 7) is -3.69. The van der Waals surface area contributed by atoms with Crippen LogP contribution in [0.3, 0.4) is 0 Å². The molecular formula is C5H13N2O3PS. The van der Waals surface area contributed by atoms with Crippen LogP contribution in [0.2, 0.25) is 0 Å². The van der Waals surface area contributed by atoms with Crippen LogP contribution in [0.5, 0.6) is 0 Å². The zero-order valence-corrected chi connectivity index (χ0v) is 8.22. The van der Waals surface area contributed by atoms with E-state index in [1.54, 1.807) is 0 Å². The normalized spacial score (nSPS) is 37.2. The molecule has 5 nitrogen and oxygen atoms in total. The minimum absolute atomic E-state index is 0.362. The third-order valence-electron chi connectivity index (χ3n) is 2.00. The van der Waals surface area contributed by atoms with Gasteiger partial charge in [0.2, 0.25) is 0 Å². The monoisotopic (exact) mass is 212 g/mol. The molecule has 1 aliphatic carbocycles. The van der Waals surface area contributed by atoms with Gasteiger partial charge in [0, 0.05) is 6.04 Å². The first-order valence-corrected chi connectivity index (χ1v) is 6.27. The van der Waals surface area contributed by atoms with Crippen molar-refractivity contribution in [1.82, 2.24) is 0 Å². The molecule has 0 saturated heterocycles. The Labute approximate surface area is 76.0 Å². The van der Waals surface area contributed by atoms with Crippen LogP contribution in [0.25, 0.3) is 0 Å². The second kappa shape index (κ2) is 3.31. The Morgan fingerprint density at radius 3 is 2.50 bits per heavy atom. The fourth-order valence-electron chi connectivity index (χ4n) is 1.36. The van der Waals surface area contributed by atoms with Gasteiger partial charge in [0.25, 0.3) is 0 Å². The van der Waals surface area contributed by atoms with Crippen LogP contribution >= 0.6 is 6.72 Å². The van der Waals surface area contributed by atoms with Crippen molar-refractivity contribution in [2.24, 2.45) is 11.5 Å². The van der Waals surface area contributed by atoms with Crippen molar-refractivity contribution in [2.75, 3.05) is 0 Å². The molecule has 0 aliphatic heterocycles. The maximum Gasteiger partial charge on any atom is 0.323 e. The average molecular weight is 212 g/mol. The van der Waals surface area contributed by atoms with E-state index in [-0.39, 0.29) is 6.04 Å². The topological polar surface area (TPSA) is 102 Å². The molecule has 0 aromatic rings. The van der Waals surface area contributed by atoms with E-state index >= 15 is 0 Å². The molecule has 12 heavy (non-hydrogen) atoms. The predicted molar refractivity (Wildman–Crippen MR) is 48.6 cm³/mol. The van der Waals surface area contributed by atoms with Crippen LogP contribution in [0, 0.1) is 0 Å². The molecule has 72 valence electrons. The molecule has 6 N–H and O–H groups in total. The summed E-state index contributed by atoms with van der Waals surface area (Å²) in [4.78, 5) is 17.8. The highest BCUT2D eigenvalue weighted by Crippen LogP contribution is 2.44. The summed E-state index contributed by atoms with van der Waals surface area (Å²) in [6, 6.07) is -0.362. The van der Waals surface area contributed by atoms with Gasteiger partial charge in [-0.25, -0.2) is 0 Å². The molecule has 0 heterocycles. The Hall–Kier alpha value is 0.450. The van der Waals surface area contributed by atoms with Crippen molar-refractivity contribution in [3.63, 3.8) is 0 Å². The predicted octanol–water partition coefficient (Wildman–Crippen LogP) is -0.622. The van der Waals surface area contributed by atoms with Gasteiger partial charge in [-0.1, -0.05) is 0 Å². The van der Waals surface area contributed by atoms with E-state index in [9.17, 15) is 0 Å². The molecule has 0 aromatic heterocycles. The first-order valence-electron chi connectivity index (χ1n) is 3.64. The fourth-order valence-corrected chi connectivity index (χ4v) is 2.45. The molecule has 0 spiro atoms. The lowest BCUT2D eigenvalue weighted by Gasteiger charge is -2.30. The quantitative estimate of drug-likeness (QED) is 0.359. The summed E-state index contributed by atoms with van der Waals surface area (Å²) in [7, 11) is 0. The number of hydrogen-bond acceptors (Lipinski definition) is 4. The number of nitrogens with two attached hydrogens (primary N) is 2. The summed E-state index contributed by atoms with van der Waals surface area (Å²) in [6.07, 6.45) is 2.08.